The van der Waals surface area contributed by atoms with Gasteiger partial charge in [-0.05, 0) is 37.6 Å². The summed E-state index contributed by atoms with van der Waals surface area (Å²) in [6, 6.07) is 6.84. The predicted molar refractivity (Wildman–Crippen MR) is 115 cm³/mol. The Morgan fingerprint density at radius 2 is 2.03 bits per heavy atom. The fourth-order valence-electron chi connectivity index (χ4n) is 3.47. The lowest BCUT2D eigenvalue weighted by Gasteiger charge is -2.09. The minimum atomic E-state index is -0.645. The number of ether oxygens (including phenoxy) is 3. The van der Waals surface area contributed by atoms with Crippen LogP contribution >= 0.6 is 0 Å². The van der Waals surface area contributed by atoms with Crippen LogP contribution in [0.1, 0.15) is 31.0 Å². The van der Waals surface area contributed by atoms with Gasteiger partial charge in [-0.2, -0.15) is 4.98 Å². The van der Waals surface area contributed by atoms with Crippen molar-refractivity contribution in [1.82, 2.24) is 15.1 Å². The Bertz CT molecular complexity index is 1420. The van der Waals surface area contributed by atoms with Crippen LogP contribution in [0.3, 0.4) is 0 Å². The van der Waals surface area contributed by atoms with Crippen molar-refractivity contribution in [2.75, 3.05) is 6.79 Å². The van der Waals surface area contributed by atoms with Gasteiger partial charge in [0.25, 0.3) is 5.89 Å². The molecule has 0 bridgehead atoms. The van der Waals surface area contributed by atoms with Gasteiger partial charge in [0.2, 0.25) is 12.6 Å². The molecule has 10 nitrogen and oxygen atoms in total. The van der Waals surface area contributed by atoms with Crippen molar-refractivity contribution in [1.29, 1.82) is 0 Å². The standard InChI is InChI=1S/C23H19N3O7/c1-3-4-19(27)29-10-14-9-24-12(2)20-15(14)8-16(23(28)32-20)22-25-21(26-33-22)13-5-6-17-18(7-13)31-11-30-17/h5-9H,3-4,10-11H2,1-2H3. The van der Waals surface area contributed by atoms with Gasteiger partial charge in [0.1, 0.15) is 12.2 Å². The minimum Gasteiger partial charge on any atom is -0.461 e. The molecule has 1 aromatic carbocycles. The van der Waals surface area contributed by atoms with E-state index < -0.39 is 5.63 Å². The number of pyridine rings is 1. The summed E-state index contributed by atoms with van der Waals surface area (Å²) in [6.45, 7) is 3.77. The van der Waals surface area contributed by atoms with E-state index in [-0.39, 0.29) is 36.6 Å². The lowest BCUT2D eigenvalue weighted by molar-refractivity contribution is -0.144. The van der Waals surface area contributed by atoms with Crippen molar-refractivity contribution in [3.8, 4) is 34.3 Å². The van der Waals surface area contributed by atoms with E-state index in [0.717, 1.165) is 0 Å². The summed E-state index contributed by atoms with van der Waals surface area (Å²) in [6.07, 6.45) is 2.60. The Balaban J connectivity index is 1.52. The molecule has 0 atom stereocenters. The summed E-state index contributed by atoms with van der Waals surface area (Å²) in [5.41, 5.74) is 1.53. The highest BCUT2D eigenvalue weighted by Gasteiger charge is 2.21. The number of aryl methyl sites for hydroxylation is 1. The zero-order chi connectivity index (χ0) is 22.9. The van der Waals surface area contributed by atoms with E-state index in [1.165, 1.54) is 0 Å². The Morgan fingerprint density at radius 3 is 2.88 bits per heavy atom. The van der Waals surface area contributed by atoms with Gasteiger partial charge in [-0.1, -0.05) is 12.1 Å². The lowest BCUT2D eigenvalue weighted by Crippen LogP contribution is -2.07. The maximum absolute atomic E-state index is 12.7. The van der Waals surface area contributed by atoms with E-state index in [1.54, 1.807) is 37.4 Å². The molecule has 0 amide bonds. The molecule has 4 aromatic rings. The number of hydrogen-bond acceptors (Lipinski definition) is 10. The molecular weight excluding hydrogens is 430 g/mol. The second-order valence-electron chi connectivity index (χ2n) is 7.46. The Labute approximate surface area is 187 Å². The average molecular weight is 449 g/mol. The summed E-state index contributed by atoms with van der Waals surface area (Å²) < 4.78 is 26.9. The van der Waals surface area contributed by atoms with Crippen molar-refractivity contribution in [2.24, 2.45) is 0 Å². The van der Waals surface area contributed by atoms with Crippen LogP contribution in [0.2, 0.25) is 0 Å². The largest absolute Gasteiger partial charge is 0.461 e. The average Bonchev–Trinajstić information content (AvgIpc) is 3.48. The molecule has 5 rings (SSSR count). The van der Waals surface area contributed by atoms with Crippen LogP contribution in [0.15, 0.2) is 44.2 Å². The highest BCUT2D eigenvalue weighted by Crippen LogP contribution is 2.35. The van der Waals surface area contributed by atoms with Crippen LogP contribution < -0.4 is 15.1 Å². The third kappa shape index (κ3) is 3.91. The number of carbonyl (C=O) groups is 1. The summed E-state index contributed by atoms with van der Waals surface area (Å²) >= 11 is 0. The fraction of sp³-hybridized carbons (Fsp3) is 0.261. The molecule has 1 aliphatic heterocycles. The van der Waals surface area contributed by atoms with Crippen LogP contribution in [-0.4, -0.2) is 27.9 Å². The summed E-state index contributed by atoms with van der Waals surface area (Å²) in [5, 5.41) is 4.56. The summed E-state index contributed by atoms with van der Waals surface area (Å²) in [4.78, 5) is 33.1. The van der Waals surface area contributed by atoms with Gasteiger partial charge in [-0.3, -0.25) is 9.78 Å². The second kappa shape index (κ2) is 8.38. The van der Waals surface area contributed by atoms with E-state index in [4.69, 9.17) is 23.2 Å². The van der Waals surface area contributed by atoms with Crippen LogP contribution in [0.4, 0.5) is 0 Å². The topological polar surface area (TPSA) is 127 Å². The van der Waals surface area contributed by atoms with Gasteiger partial charge in [-0.25, -0.2) is 4.79 Å². The molecule has 10 heteroatoms. The minimum absolute atomic E-state index is 0.00158. The predicted octanol–water partition coefficient (Wildman–Crippen LogP) is 3.79. The highest BCUT2D eigenvalue weighted by molar-refractivity contribution is 5.85. The summed E-state index contributed by atoms with van der Waals surface area (Å²) in [7, 11) is 0. The number of fused-ring (bicyclic) bond motifs is 2. The van der Waals surface area contributed by atoms with E-state index in [9.17, 15) is 9.59 Å². The van der Waals surface area contributed by atoms with E-state index in [2.05, 4.69) is 15.1 Å². The molecule has 3 aromatic heterocycles. The number of hydrogen-bond donors (Lipinski definition) is 0. The molecule has 168 valence electrons. The number of rotatable bonds is 6. The SMILES string of the molecule is CCCC(=O)OCc1cnc(C)c2oc(=O)c(-c3nc(-c4ccc5c(c4)OCO5)no3)cc12. The Morgan fingerprint density at radius 1 is 1.18 bits per heavy atom. The van der Waals surface area contributed by atoms with Gasteiger partial charge in [-0.15, -0.1) is 0 Å². The molecule has 0 saturated heterocycles. The molecule has 0 aliphatic carbocycles. The number of aromatic nitrogens is 3. The van der Waals surface area contributed by atoms with E-state index in [0.29, 0.717) is 52.1 Å². The van der Waals surface area contributed by atoms with E-state index in [1.807, 2.05) is 6.92 Å². The van der Waals surface area contributed by atoms with Crippen molar-refractivity contribution in [3.05, 3.63) is 52.1 Å². The van der Waals surface area contributed by atoms with Crippen molar-refractivity contribution >= 4 is 16.9 Å². The second-order valence-corrected chi connectivity index (χ2v) is 7.46. The van der Waals surface area contributed by atoms with Crippen molar-refractivity contribution in [2.45, 2.75) is 33.3 Å². The maximum Gasteiger partial charge on any atom is 0.349 e. The molecule has 0 spiro atoms. The normalized spacial score (nSPS) is 12.3. The number of nitrogens with zero attached hydrogens (tertiary/aromatic N) is 3. The zero-order valence-corrected chi connectivity index (χ0v) is 17.9. The van der Waals surface area contributed by atoms with E-state index >= 15 is 0 Å². The van der Waals surface area contributed by atoms with Crippen LogP contribution in [-0.2, 0) is 16.1 Å². The van der Waals surface area contributed by atoms with Gasteiger partial charge >= 0.3 is 11.6 Å². The number of carbonyl (C=O) groups excluding carboxylic acids is 1. The molecule has 1 aliphatic rings. The molecular formula is C23H19N3O7. The first-order valence-electron chi connectivity index (χ1n) is 10.4. The summed E-state index contributed by atoms with van der Waals surface area (Å²) in [5.74, 6) is 1.18. The number of esters is 1. The van der Waals surface area contributed by atoms with Gasteiger partial charge in [0.15, 0.2) is 17.1 Å². The monoisotopic (exact) mass is 449 g/mol. The molecule has 33 heavy (non-hydrogen) atoms. The molecule has 0 radical (unpaired) electrons. The van der Waals surface area contributed by atoms with Crippen LogP contribution in [0.5, 0.6) is 11.5 Å². The third-order valence-electron chi connectivity index (χ3n) is 5.17. The zero-order valence-electron chi connectivity index (χ0n) is 17.9. The van der Waals surface area contributed by atoms with Crippen LogP contribution in [0.25, 0.3) is 33.8 Å². The number of benzene rings is 1. The van der Waals surface area contributed by atoms with Crippen molar-refractivity contribution < 1.29 is 27.9 Å². The smallest absolute Gasteiger partial charge is 0.349 e. The first-order valence-corrected chi connectivity index (χ1v) is 10.4. The van der Waals surface area contributed by atoms with Crippen molar-refractivity contribution in [3.63, 3.8) is 0 Å². The van der Waals surface area contributed by atoms with Gasteiger partial charge < -0.3 is 23.2 Å². The molecule has 0 saturated carbocycles. The first kappa shape index (κ1) is 20.7. The molecule has 0 fully saturated rings. The Hall–Kier alpha value is -4.21. The fourth-order valence-corrected chi connectivity index (χ4v) is 3.47. The highest BCUT2D eigenvalue weighted by atomic mass is 16.7. The Kier molecular flexibility index (Phi) is 5.25. The molecule has 4 heterocycles. The third-order valence-corrected chi connectivity index (χ3v) is 5.17. The van der Waals surface area contributed by atoms with Crippen LogP contribution in [0, 0.1) is 6.92 Å². The molecule has 0 unspecified atom stereocenters. The molecule has 0 N–H and O–H groups in total. The quantitative estimate of drug-likeness (QED) is 0.401. The maximum atomic E-state index is 12.7. The first-order chi connectivity index (χ1) is 16.0. The lowest BCUT2D eigenvalue weighted by atomic mass is 10.1. The van der Waals surface area contributed by atoms with Gasteiger partial charge in [0.05, 0.1) is 5.69 Å². The van der Waals surface area contributed by atoms with Gasteiger partial charge in [0, 0.05) is 29.1 Å².